The standard InChI is InChI=1S/C20H28BrF2NO4/c1-19(2,3)28-18(26)24-16(8-12-6-14(22)10-15(23)7-12)17(9-13(21)11-25)27-20(24,4)5/h6-7,10,13,16-17,25H,8-9,11H2,1-5H3/t13?,16-,17-/m0/s1. The average molecular weight is 464 g/mol. The number of hydrogen-bond donors (Lipinski definition) is 1. The van der Waals surface area contributed by atoms with Gasteiger partial charge in [-0.15, -0.1) is 0 Å². The molecule has 3 atom stereocenters. The molecule has 0 spiro atoms. The second kappa shape index (κ2) is 8.63. The smallest absolute Gasteiger partial charge is 0.412 e. The Morgan fingerprint density at radius 1 is 1.32 bits per heavy atom. The Morgan fingerprint density at radius 2 is 1.89 bits per heavy atom. The van der Waals surface area contributed by atoms with Gasteiger partial charge in [-0.25, -0.2) is 13.6 Å². The van der Waals surface area contributed by atoms with Crippen molar-refractivity contribution in [2.75, 3.05) is 6.61 Å². The van der Waals surface area contributed by atoms with Gasteiger partial charge in [0, 0.05) is 10.9 Å². The van der Waals surface area contributed by atoms with Crippen LogP contribution in [0.3, 0.4) is 0 Å². The predicted molar refractivity (Wildman–Crippen MR) is 105 cm³/mol. The lowest BCUT2D eigenvalue weighted by Crippen LogP contribution is -2.51. The maximum Gasteiger partial charge on any atom is 0.412 e. The van der Waals surface area contributed by atoms with Crippen LogP contribution in [0.15, 0.2) is 18.2 Å². The highest BCUT2D eigenvalue weighted by molar-refractivity contribution is 9.09. The van der Waals surface area contributed by atoms with Crippen LogP contribution in [0.25, 0.3) is 0 Å². The minimum absolute atomic E-state index is 0.103. The highest BCUT2D eigenvalue weighted by atomic mass is 79.9. The van der Waals surface area contributed by atoms with Crippen LogP contribution in [-0.4, -0.2) is 51.0 Å². The molecule has 1 fully saturated rings. The lowest BCUT2D eigenvalue weighted by molar-refractivity contribution is -0.0801. The minimum atomic E-state index is -0.980. The molecule has 1 saturated heterocycles. The van der Waals surface area contributed by atoms with Crippen LogP contribution in [0, 0.1) is 11.6 Å². The maximum absolute atomic E-state index is 13.7. The van der Waals surface area contributed by atoms with E-state index in [0.29, 0.717) is 12.0 Å². The number of aliphatic hydroxyl groups excluding tert-OH is 1. The van der Waals surface area contributed by atoms with E-state index < -0.39 is 41.2 Å². The summed E-state index contributed by atoms with van der Waals surface area (Å²) in [5.41, 5.74) is -1.27. The summed E-state index contributed by atoms with van der Waals surface area (Å²) in [6, 6.07) is 2.78. The van der Waals surface area contributed by atoms with E-state index in [4.69, 9.17) is 9.47 Å². The number of halogens is 3. The van der Waals surface area contributed by atoms with Gasteiger partial charge < -0.3 is 14.6 Å². The first-order valence-corrected chi connectivity index (χ1v) is 10.1. The molecule has 0 bridgehead atoms. The average Bonchev–Trinajstić information content (AvgIpc) is 2.74. The molecule has 0 radical (unpaired) electrons. The molecule has 1 amide bonds. The van der Waals surface area contributed by atoms with Crippen molar-refractivity contribution in [1.29, 1.82) is 0 Å². The van der Waals surface area contributed by atoms with E-state index in [0.717, 1.165) is 6.07 Å². The quantitative estimate of drug-likeness (QED) is 0.657. The molecular formula is C20H28BrF2NO4. The SMILES string of the molecule is CC(C)(C)OC(=O)N1[C@@H](Cc2cc(F)cc(F)c2)[C@H](CC(Br)CO)OC1(C)C. The Hall–Kier alpha value is -1.25. The van der Waals surface area contributed by atoms with Gasteiger partial charge in [0.25, 0.3) is 0 Å². The summed E-state index contributed by atoms with van der Waals surface area (Å²) in [5.74, 6) is -1.36. The molecule has 8 heteroatoms. The Labute approximate surface area is 173 Å². The molecule has 2 rings (SSSR count). The van der Waals surface area contributed by atoms with Crippen LogP contribution in [0.2, 0.25) is 0 Å². The van der Waals surface area contributed by atoms with E-state index in [2.05, 4.69) is 15.9 Å². The highest BCUT2D eigenvalue weighted by Crippen LogP contribution is 2.38. The summed E-state index contributed by atoms with van der Waals surface area (Å²) in [6.07, 6.45) is -0.406. The normalized spacial score (nSPS) is 23.0. The predicted octanol–water partition coefficient (Wildman–Crippen LogP) is 4.39. The molecule has 1 aromatic rings. The van der Waals surface area contributed by atoms with Crippen LogP contribution in [0.4, 0.5) is 13.6 Å². The van der Waals surface area contributed by atoms with Gasteiger partial charge in [0.05, 0.1) is 18.8 Å². The zero-order chi connectivity index (χ0) is 21.3. The molecule has 1 aliphatic heterocycles. The third-order valence-electron chi connectivity index (χ3n) is 4.42. The fourth-order valence-electron chi connectivity index (χ4n) is 3.46. The first-order chi connectivity index (χ1) is 12.8. The number of rotatable bonds is 5. The topological polar surface area (TPSA) is 59.0 Å². The number of alkyl halides is 1. The van der Waals surface area contributed by atoms with E-state index in [9.17, 15) is 18.7 Å². The van der Waals surface area contributed by atoms with Crippen LogP contribution in [0.1, 0.15) is 46.6 Å². The monoisotopic (exact) mass is 463 g/mol. The Bertz CT molecular complexity index is 688. The number of amides is 1. The fourth-order valence-corrected chi connectivity index (χ4v) is 3.83. The molecule has 1 aliphatic rings. The van der Waals surface area contributed by atoms with Crippen LogP contribution in [0.5, 0.6) is 0 Å². The summed E-state index contributed by atoms with van der Waals surface area (Å²) >= 11 is 3.38. The first kappa shape index (κ1) is 23.0. The summed E-state index contributed by atoms with van der Waals surface area (Å²) in [5, 5.41) is 9.40. The zero-order valence-electron chi connectivity index (χ0n) is 16.8. The molecule has 28 heavy (non-hydrogen) atoms. The van der Waals surface area contributed by atoms with Crippen molar-refractivity contribution < 1.29 is 28.2 Å². The zero-order valence-corrected chi connectivity index (χ0v) is 18.4. The van der Waals surface area contributed by atoms with Gasteiger partial charge in [0.2, 0.25) is 0 Å². The summed E-state index contributed by atoms with van der Waals surface area (Å²) < 4.78 is 39.0. The number of carbonyl (C=O) groups excluding carboxylic acids is 1. The Balaban J connectivity index is 2.38. The molecule has 0 aliphatic carbocycles. The van der Waals surface area contributed by atoms with E-state index in [1.165, 1.54) is 17.0 Å². The molecule has 5 nitrogen and oxygen atoms in total. The number of nitrogens with zero attached hydrogens (tertiary/aromatic N) is 1. The summed E-state index contributed by atoms with van der Waals surface area (Å²) in [7, 11) is 0. The third kappa shape index (κ3) is 5.87. The molecule has 1 heterocycles. The Morgan fingerprint density at radius 3 is 2.39 bits per heavy atom. The first-order valence-electron chi connectivity index (χ1n) is 9.22. The van der Waals surface area contributed by atoms with Gasteiger partial charge in [-0.2, -0.15) is 0 Å². The Kier molecular flexibility index (Phi) is 7.10. The van der Waals surface area contributed by atoms with Crippen molar-refractivity contribution in [3.8, 4) is 0 Å². The van der Waals surface area contributed by atoms with Crippen molar-refractivity contribution in [3.63, 3.8) is 0 Å². The number of aliphatic hydroxyl groups is 1. The second-order valence-electron chi connectivity index (χ2n) is 8.52. The van der Waals surface area contributed by atoms with E-state index >= 15 is 0 Å². The summed E-state index contributed by atoms with van der Waals surface area (Å²) in [6.45, 7) is 8.70. The second-order valence-corrected chi connectivity index (χ2v) is 9.81. The molecule has 1 unspecified atom stereocenters. The van der Waals surface area contributed by atoms with Gasteiger partial charge in [-0.3, -0.25) is 4.90 Å². The van der Waals surface area contributed by atoms with Gasteiger partial charge in [-0.05, 0) is 65.2 Å². The number of hydrogen-bond acceptors (Lipinski definition) is 4. The third-order valence-corrected chi connectivity index (χ3v) is 5.09. The van der Waals surface area contributed by atoms with Gasteiger partial charge in [0.15, 0.2) is 0 Å². The van der Waals surface area contributed by atoms with Gasteiger partial charge in [-0.1, -0.05) is 15.9 Å². The van der Waals surface area contributed by atoms with Crippen molar-refractivity contribution in [2.24, 2.45) is 0 Å². The van der Waals surface area contributed by atoms with E-state index in [1.54, 1.807) is 34.6 Å². The largest absolute Gasteiger partial charge is 0.444 e. The minimum Gasteiger partial charge on any atom is -0.444 e. The van der Waals surface area contributed by atoms with Gasteiger partial charge >= 0.3 is 6.09 Å². The molecule has 158 valence electrons. The highest BCUT2D eigenvalue weighted by Gasteiger charge is 2.51. The lowest BCUT2D eigenvalue weighted by atomic mass is 9.97. The number of ether oxygens (including phenoxy) is 2. The molecular weight excluding hydrogens is 436 g/mol. The number of carbonyl (C=O) groups is 1. The van der Waals surface area contributed by atoms with E-state index in [-0.39, 0.29) is 17.9 Å². The maximum atomic E-state index is 13.7. The van der Waals surface area contributed by atoms with Crippen LogP contribution < -0.4 is 0 Å². The molecule has 1 aromatic carbocycles. The van der Waals surface area contributed by atoms with Crippen LogP contribution >= 0.6 is 15.9 Å². The molecule has 0 saturated carbocycles. The lowest BCUT2D eigenvalue weighted by Gasteiger charge is -2.35. The van der Waals surface area contributed by atoms with Crippen molar-refractivity contribution in [1.82, 2.24) is 4.90 Å². The number of benzene rings is 1. The fraction of sp³-hybridized carbons (Fsp3) is 0.650. The molecule has 0 aromatic heterocycles. The van der Waals surface area contributed by atoms with Gasteiger partial charge in [0.1, 0.15) is 23.0 Å². The summed E-state index contributed by atoms with van der Waals surface area (Å²) in [4.78, 5) is 14.2. The van der Waals surface area contributed by atoms with Crippen molar-refractivity contribution in [3.05, 3.63) is 35.4 Å². The van der Waals surface area contributed by atoms with Crippen molar-refractivity contribution in [2.45, 2.75) is 75.8 Å². The van der Waals surface area contributed by atoms with Crippen molar-refractivity contribution >= 4 is 22.0 Å². The van der Waals surface area contributed by atoms with E-state index in [1.807, 2.05) is 0 Å². The van der Waals surface area contributed by atoms with Crippen LogP contribution in [-0.2, 0) is 15.9 Å². The molecule has 1 N–H and O–H groups in total.